The van der Waals surface area contributed by atoms with Crippen LogP contribution in [0.5, 0.6) is 0 Å². The molecule has 0 atom stereocenters. The first kappa shape index (κ1) is 21.4. The predicted octanol–water partition coefficient (Wildman–Crippen LogP) is 3.83. The molecular weight excluding hydrogens is 482 g/mol. The summed E-state index contributed by atoms with van der Waals surface area (Å²) in [5, 5.41) is 7.68. The maximum absolute atomic E-state index is 12.3. The lowest BCUT2D eigenvalue weighted by atomic mass is 10.1. The molecule has 0 fully saturated rings. The summed E-state index contributed by atoms with van der Waals surface area (Å²) in [6, 6.07) is 18.3. The van der Waals surface area contributed by atoms with Gasteiger partial charge in [0.25, 0.3) is 0 Å². The second-order valence-electron chi connectivity index (χ2n) is 6.66. The Morgan fingerprint density at radius 2 is 1.84 bits per heavy atom. The fourth-order valence-corrected chi connectivity index (χ4v) is 4.37. The first-order chi connectivity index (χ1) is 15.0. The van der Waals surface area contributed by atoms with Gasteiger partial charge in [-0.1, -0.05) is 30.3 Å². The lowest BCUT2D eigenvalue weighted by Crippen LogP contribution is -2.27. The van der Waals surface area contributed by atoms with Crippen molar-refractivity contribution in [1.82, 2.24) is 19.3 Å². The molecule has 0 aliphatic heterocycles. The number of hydrogen-bond acceptors (Lipinski definition) is 6. The molecule has 4 aromatic rings. The number of sulfonamides is 1. The van der Waals surface area contributed by atoms with Crippen LogP contribution in [0.25, 0.3) is 16.9 Å². The van der Waals surface area contributed by atoms with Gasteiger partial charge in [0.1, 0.15) is 5.82 Å². The Labute approximate surface area is 188 Å². The first-order valence-corrected chi connectivity index (χ1v) is 11.7. The van der Waals surface area contributed by atoms with Gasteiger partial charge in [-0.05, 0) is 40.2 Å². The van der Waals surface area contributed by atoms with E-state index in [0.29, 0.717) is 23.8 Å². The van der Waals surface area contributed by atoms with Crippen molar-refractivity contribution >= 4 is 43.1 Å². The third-order valence-corrected chi connectivity index (χ3v) is 6.57. The number of hydrogen-bond donors (Lipinski definition) is 2. The minimum atomic E-state index is -3.59. The number of ether oxygens (including phenoxy) is 1. The molecule has 0 bridgehead atoms. The van der Waals surface area contributed by atoms with E-state index in [0.717, 1.165) is 15.7 Å². The largest absolute Gasteiger partial charge is 0.383 e. The average Bonchev–Trinajstić information content (AvgIpc) is 3.16. The standard InChI is InChI=1S/C21H20BrN5O3S/c1-30-12-11-24-31(28,29)17-9-7-16(8-10-17)25-20-13-19(15-5-3-2-4-6-15)26-21-18(22)14-23-27(20)21/h2-10,13-14,24-25H,11-12H2,1H3. The molecule has 2 N–H and O–H groups in total. The van der Waals surface area contributed by atoms with Gasteiger partial charge in [-0.3, -0.25) is 0 Å². The molecule has 0 saturated carbocycles. The molecule has 8 nitrogen and oxygen atoms in total. The molecule has 0 spiro atoms. The molecule has 0 amide bonds. The summed E-state index contributed by atoms with van der Waals surface area (Å²) in [4.78, 5) is 4.89. The van der Waals surface area contributed by atoms with Gasteiger partial charge in [-0.25, -0.2) is 18.1 Å². The number of nitrogens with one attached hydrogen (secondary N) is 2. The Balaban J connectivity index is 1.64. The Hall–Kier alpha value is -2.79. The highest BCUT2D eigenvalue weighted by Crippen LogP contribution is 2.27. The molecule has 160 valence electrons. The highest BCUT2D eigenvalue weighted by Gasteiger charge is 2.14. The van der Waals surface area contributed by atoms with Crippen molar-refractivity contribution in [2.75, 3.05) is 25.6 Å². The number of rotatable bonds is 8. The molecule has 10 heteroatoms. The molecule has 0 radical (unpaired) electrons. The predicted molar refractivity (Wildman–Crippen MR) is 123 cm³/mol. The maximum Gasteiger partial charge on any atom is 0.240 e. The van der Waals surface area contributed by atoms with Gasteiger partial charge in [0.15, 0.2) is 5.65 Å². The van der Waals surface area contributed by atoms with Crippen molar-refractivity contribution < 1.29 is 13.2 Å². The van der Waals surface area contributed by atoms with Crippen LogP contribution in [0.4, 0.5) is 11.5 Å². The highest BCUT2D eigenvalue weighted by molar-refractivity contribution is 9.10. The van der Waals surface area contributed by atoms with Gasteiger partial charge < -0.3 is 10.1 Å². The van der Waals surface area contributed by atoms with Crippen LogP contribution in [0.2, 0.25) is 0 Å². The van der Waals surface area contributed by atoms with E-state index in [1.165, 1.54) is 7.11 Å². The molecule has 2 aromatic heterocycles. The molecule has 2 aromatic carbocycles. The van der Waals surface area contributed by atoms with E-state index in [-0.39, 0.29) is 11.4 Å². The zero-order valence-corrected chi connectivity index (χ0v) is 19.0. The second kappa shape index (κ2) is 9.15. The Morgan fingerprint density at radius 3 is 2.55 bits per heavy atom. The number of benzene rings is 2. The van der Waals surface area contributed by atoms with Gasteiger partial charge in [-0.15, -0.1) is 0 Å². The second-order valence-corrected chi connectivity index (χ2v) is 9.28. The van der Waals surface area contributed by atoms with Crippen LogP contribution in [0.1, 0.15) is 0 Å². The van der Waals surface area contributed by atoms with Gasteiger partial charge in [0.05, 0.1) is 27.9 Å². The fourth-order valence-electron chi connectivity index (χ4n) is 3.01. The van der Waals surface area contributed by atoms with Gasteiger partial charge >= 0.3 is 0 Å². The summed E-state index contributed by atoms with van der Waals surface area (Å²) in [6.07, 6.45) is 1.68. The van der Waals surface area contributed by atoms with E-state index < -0.39 is 10.0 Å². The lowest BCUT2D eigenvalue weighted by Gasteiger charge is -2.12. The number of fused-ring (bicyclic) bond motifs is 1. The highest BCUT2D eigenvalue weighted by atomic mass is 79.9. The van der Waals surface area contributed by atoms with Crippen molar-refractivity contribution in [2.24, 2.45) is 0 Å². The van der Waals surface area contributed by atoms with E-state index in [1.807, 2.05) is 36.4 Å². The van der Waals surface area contributed by atoms with Crippen LogP contribution >= 0.6 is 15.9 Å². The Bertz CT molecular complexity index is 1290. The molecule has 31 heavy (non-hydrogen) atoms. The quantitative estimate of drug-likeness (QED) is 0.356. The summed E-state index contributed by atoms with van der Waals surface area (Å²) in [5.41, 5.74) is 3.16. The van der Waals surface area contributed by atoms with Crippen LogP contribution in [0.3, 0.4) is 0 Å². The summed E-state index contributed by atoms with van der Waals surface area (Å²) in [6.45, 7) is 0.518. The van der Waals surface area contributed by atoms with Crippen molar-refractivity contribution in [3.63, 3.8) is 0 Å². The van der Waals surface area contributed by atoms with Crippen molar-refractivity contribution in [1.29, 1.82) is 0 Å². The third kappa shape index (κ3) is 4.77. The minimum Gasteiger partial charge on any atom is -0.383 e. The van der Waals surface area contributed by atoms with E-state index in [2.05, 4.69) is 31.1 Å². The number of halogens is 1. The molecule has 0 saturated heterocycles. The first-order valence-electron chi connectivity index (χ1n) is 9.43. The summed E-state index contributed by atoms with van der Waals surface area (Å²) >= 11 is 3.49. The van der Waals surface area contributed by atoms with Crippen molar-refractivity contribution in [2.45, 2.75) is 4.90 Å². The van der Waals surface area contributed by atoms with E-state index >= 15 is 0 Å². The maximum atomic E-state index is 12.3. The molecule has 2 heterocycles. The van der Waals surface area contributed by atoms with Crippen LogP contribution in [0.15, 0.2) is 76.2 Å². The number of methoxy groups -OCH3 is 1. The van der Waals surface area contributed by atoms with Gasteiger partial charge in [-0.2, -0.15) is 9.61 Å². The normalized spacial score (nSPS) is 11.7. The lowest BCUT2D eigenvalue weighted by molar-refractivity contribution is 0.204. The summed E-state index contributed by atoms with van der Waals surface area (Å²) in [5.74, 6) is 0.698. The average molecular weight is 502 g/mol. The topological polar surface area (TPSA) is 97.6 Å². The monoisotopic (exact) mass is 501 g/mol. The Morgan fingerprint density at radius 1 is 1.10 bits per heavy atom. The number of aromatic nitrogens is 3. The van der Waals surface area contributed by atoms with Crippen LogP contribution in [-0.4, -0.2) is 43.3 Å². The smallest absolute Gasteiger partial charge is 0.240 e. The van der Waals surface area contributed by atoms with Gasteiger partial charge in [0.2, 0.25) is 10.0 Å². The van der Waals surface area contributed by atoms with Crippen LogP contribution in [0, 0.1) is 0 Å². The molecule has 0 unspecified atom stereocenters. The zero-order valence-electron chi connectivity index (χ0n) is 16.6. The van der Waals surface area contributed by atoms with Gasteiger partial charge in [0, 0.05) is 31.0 Å². The minimum absolute atomic E-state index is 0.181. The summed E-state index contributed by atoms with van der Waals surface area (Å²) in [7, 11) is -2.07. The third-order valence-electron chi connectivity index (χ3n) is 4.53. The molecular formula is C21H20BrN5O3S. The van der Waals surface area contributed by atoms with Crippen molar-refractivity contribution in [3.05, 3.63) is 71.3 Å². The zero-order chi connectivity index (χ0) is 21.8. The van der Waals surface area contributed by atoms with Crippen LogP contribution < -0.4 is 10.0 Å². The number of nitrogens with zero attached hydrogens (tertiary/aromatic N) is 3. The van der Waals surface area contributed by atoms with E-state index in [9.17, 15) is 8.42 Å². The van der Waals surface area contributed by atoms with Crippen LogP contribution in [-0.2, 0) is 14.8 Å². The fraction of sp³-hybridized carbons (Fsp3) is 0.143. The molecule has 4 rings (SSSR count). The number of anilines is 2. The van der Waals surface area contributed by atoms with Crippen molar-refractivity contribution in [3.8, 4) is 11.3 Å². The SMILES string of the molecule is COCCNS(=O)(=O)c1ccc(Nc2cc(-c3ccccc3)nc3c(Br)cnn23)cc1. The summed E-state index contributed by atoms with van der Waals surface area (Å²) < 4.78 is 34.5. The Kier molecular flexibility index (Phi) is 6.33. The molecule has 0 aliphatic rings. The van der Waals surface area contributed by atoms with E-state index in [4.69, 9.17) is 9.72 Å². The van der Waals surface area contributed by atoms with E-state index in [1.54, 1.807) is 35.0 Å². The molecule has 0 aliphatic carbocycles.